The second kappa shape index (κ2) is 15.9. The number of fused-ring (bicyclic) bond motifs is 2. The first-order valence-electron chi connectivity index (χ1n) is 17.1. The second-order valence-corrected chi connectivity index (χ2v) is 14.6. The van der Waals surface area contributed by atoms with Crippen LogP contribution >= 0.6 is 15.9 Å². The highest BCUT2D eigenvalue weighted by Crippen LogP contribution is 2.34. The topological polar surface area (TPSA) is 151 Å². The van der Waals surface area contributed by atoms with Crippen LogP contribution in [0.4, 0.5) is 29.6 Å². The van der Waals surface area contributed by atoms with Gasteiger partial charge in [0.25, 0.3) is 0 Å². The summed E-state index contributed by atoms with van der Waals surface area (Å²) in [5, 5.41) is 6.68. The van der Waals surface area contributed by atoms with E-state index in [1.54, 1.807) is 34.6 Å². The molecule has 0 spiro atoms. The van der Waals surface area contributed by atoms with Crippen molar-refractivity contribution in [2.24, 2.45) is 0 Å². The minimum absolute atomic E-state index is 0.00326. The van der Waals surface area contributed by atoms with Gasteiger partial charge in [0, 0.05) is 81.0 Å². The number of rotatable bonds is 6. The first-order chi connectivity index (χ1) is 25.7. The molecule has 54 heavy (non-hydrogen) atoms. The van der Waals surface area contributed by atoms with Crippen molar-refractivity contribution in [3.63, 3.8) is 0 Å². The molecule has 2 N–H and O–H groups in total. The smallest absolute Gasteiger partial charge is 0.416 e. The maximum Gasteiger partial charge on any atom is 0.416 e. The lowest BCUT2D eigenvalue weighted by atomic mass is 10.0. The Labute approximate surface area is 317 Å². The van der Waals surface area contributed by atoms with E-state index in [9.17, 15) is 22.8 Å². The summed E-state index contributed by atoms with van der Waals surface area (Å²) in [6.07, 6.45) is 7.84. The largest absolute Gasteiger partial charge is 0.444 e. The van der Waals surface area contributed by atoms with Crippen molar-refractivity contribution in [3.8, 4) is 11.1 Å². The zero-order valence-electron chi connectivity index (χ0n) is 29.8. The van der Waals surface area contributed by atoms with Gasteiger partial charge in [-0.3, -0.25) is 14.8 Å². The molecule has 2 fully saturated rings. The Bertz CT molecular complexity index is 2160. The zero-order valence-corrected chi connectivity index (χ0v) is 31.4. The van der Waals surface area contributed by atoms with Gasteiger partial charge in [-0.15, -0.1) is 0 Å². The zero-order chi connectivity index (χ0) is 38.6. The van der Waals surface area contributed by atoms with Crippen molar-refractivity contribution in [2.45, 2.75) is 57.5 Å². The minimum Gasteiger partial charge on any atom is -0.444 e. The molecule has 13 nitrogen and oxygen atoms in total. The van der Waals surface area contributed by atoms with Crippen molar-refractivity contribution >= 4 is 61.6 Å². The molecule has 0 radical (unpaired) electrons. The highest BCUT2D eigenvalue weighted by Gasteiger charge is 2.32. The van der Waals surface area contributed by atoms with Crippen LogP contribution in [0.1, 0.15) is 39.2 Å². The third kappa shape index (κ3) is 9.01. The Kier molecular flexibility index (Phi) is 11.3. The van der Waals surface area contributed by atoms with Crippen LogP contribution in [0.5, 0.6) is 0 Å². The van der Waals surface area contributed by atoms with E-state index in [0.29, 0.717) is 65.5 Å². The van der Waals surface area contributed by atoms with E-state index < -0.39 is 17.3 Å². The summed E-state index contributed by atoms with van der Waals surface area (Å²) in [5.41, 5.74) is 2.48. The van der Waals surface area contributed by atoms with Crippen molar-refractivity contribution in [3.05, 3.63) is 84.1 Å². The highest BCUT2D eigenvalue weighted by atomic mass is 79.9. The molecule has 2 amide bonds. The fraction of sp³-hybridized carbons (Fsp3) is 0.351. The first-order valence-corrected chi connectivity index (χ1v) is 17.9. The second-order valence-electron chi connectivity index (χ2n) is 13.7. The number of aromatic nitrogens is 6. The third-order valence-corrected chi connectivity index (χ3v) is 9.26. The van der Waals surface area contributed by atoms with E-state index in [0.717, 1.165) is 35.0 Å². The number of pyridine rings is 2. The quantitative estimate of drug-likeness (QED) is 0.169. The molecule has 2 atom stereocenters. The fourth-order valence-corrected chi connectivity index (χ4v) is 6.51. The molecule has 0 aliphatic carbocycles. The Morgan fingerprint density at radius 1 is 0.796 bits per heavy atom. The molecule has 2 aliphatic heterocycles. The monoisotopic (exact) mass is 806 g/mol. The first kappa shape index (κ1) is 38.3. The summed E-state index contributed by atoms with van der Waals surface area (Å²) < 4.78 is 44.8. The van der Waals surface area contributed by atoms with Gasteiger partial charge in [0.05, 0.1) is 10.0 Å². The van der Waals surface area contributed by atoms with E-state index in [-0.39, 0.29) is 24.1 Å². The van der Waals surface area contributed by atoms with Gasteiger partial charge < -0.3 is 25.2 Å². The number of halogens is 4. The summed E-state index contributed by atoms with van der Waals surface area (Å²) in [7, 11) is 0. The number of ether oxygens (including phenoxy) is 1. The van der Waals surface area contributed by atoms with E-state index in [1.807, 2.05) is 20.8 Å². The molecule has 5 aromatic rings. The maximum absolute atomic E-state index is 12.8. The Morgan fingerprint density at radius 3 is 1.89 bits per heavy atom. The van der Waals surface area contributed by atoms with Crippen LogP contribution in [0.15, 0.2) is 78.6 Å². The van der Waals surface area contributed by atoms with Gasteiger partial charge in [-0.2, -0.15) is 13.2 Å². The SMILES string of the molecule is C=CC(=O)N1CC[C@H](Nc2ncc(-c3ccc(C(F)(F)F)cc3)c3nccnc23)C1.CC(C)(C)OC(=O)N1CC[C@H](Nc2ncc(Br)c3nccnc23)C1. The van der Waals surface area contributed by atoms with E-state index in [4.69, 9.17) is 4.74 Å². The van der Waals surface area contributed by atoms with E-state index in [2.05, 4.69) is 63.0 Å². The number of alkyl halides is 3. The highest BCUT2D eigenvalue weighted by molar-refractivity contribution is 9.10. The normalized spacial score (nSPS) is 17.2. The van der Waals surface area contributed by atoms with Crippen molar-refractivity contribution in [1.82, 2.24) is 39.7 Å². The third-order valence-electron chi connectivity index (χ3n) is 8.68. The number of hydrogen-bond donors (Lipinski definition) is 2. The number of benzene rings is 1. The summed E-state index contributed by atoms with van der Waals surface area (Å²) in [4.78, 5) is 53.6. The summed E-state index contributed by atoms with van der Waals surface area (Å²) in [6, 6.07) is 4.98. The van der Waals surface area contributed by atoms with Gasteiger partial charge >= 0.3 is 12.3 Å². The predicted molar refractivity (Wildman–Crippen MR) is 201 cm³/mol. The molecule has 4 aromatic heterocycles. The maximum atomic E-state index is 12.8. The number of anilines is 2. The number of amides is 2. The van der Waals surface area contributed by atoms with Crippen LogP contribution in [0.2, 0.25) is 0 Å². The number of carbonyl (C=O) groups excluding carboxylic acids is 2. The average Bonchev–Trinajstić information content (AvgIpc) is 3.82. The molecule has 1 aromatic carbocycles. The van der Waals surface area contributed by atoms with E-state index in [1.165, 1.54) is 30.6 Å². The van der Waals surface area contributed by atoms with Crippen LogP contribution in [0, 0.1) is 0 Å². The molecule has 6 heterocycles. The lowest BCUT2D eigenvalue weighted by Crippen LogP contribution is -2.36. The Balaban J connectivity index is 0.000000189. The van der Waals surface area contributed by atoms with Crippen molar-refractivity contribution in [2.75, 3.05) is 36.8 Å². The van der Waals surface area contributed by atoms with Crippen molar-refractivity contribution in [1.29, 1.82) is 0 Å². The summed E-state index contributed by atoms with van der Waals surface area (Å²) in [5.74, 6) is 1.08. The number of nitrogens with one attached hydrogen (secondary N) is 2. The summed E-state index contributed by atoms with van der Waals surface area (Å²) in [6.45, 7) is 11.5. The molecule has 0 bridgehead atoms. The molecule has 7 rings (SSSR count). The molecule has 0 saturated carbocycles. The number of nitrogens with zero attached hydrogens (tertiary/aromatic N) is 8. The van der Waals surface area contributed by atoms with Gasteiger partial charge in [0.1, 0.15) is 27.7 Å². The van der Waals surface area contributed by atoms with Crippen LogP contribution in [0.3, 0.4) is 0 Å². The van der Waals surface area contributed by atoms with Crippen LogP contribution in [-0.2, 0) is 15.7 Å². The van der Waals surface area contributed by atoms with Crippen LogP contribution < -0.4 is 10.6 Å². The van der Waals surface area contributed by atoms with Crippen LogP contribution in [-0.4, -0.2) is 95.6 Å². The fourth-order valence-electron chi connectivity index (χ4n) is 6.12. The number of likely N-dealkylation sites (tertiary alicyclic amines) is 2. The van der Waals surface area contributed by atoms with Crippen molar-refractivity contribution < 1.29 is 27.5 Å². The van der Waals surface area contributed by atoms with Gasteiger partial charge in [-0.25, -0.2) is 24.7 Å². The van der Waals surface area contributed by atoms with Gasteiger partial charge in [-0.1, -0.05) is 18.7 Å². The lowest BCUT2D eigenvalue weighted by molar-refractivity contribution is -0.137. The molecule has 2 aliphatic rings. The average molecular weight is 808 g/mol. The molecule has 17 heteroatoms. The standard InChI is InChI=1S/C21H18F3N5O.C16H20BrN5O2/c1-2-17(30)29-10-7-15(12-29)28-20-19-18(25-8-9-26-19)16(11-27-20)13-3-5-14(6-4-13)21(22,23)24;1-16(2,3)24-15(23)22-7-4-10(9-22)21-14-13-12(11(17)8-20-14)18-5-6-19-13/h2-6,8-9,11,15H,1,7,10,12H2,(H,27,28);5-6,8,10H,4,7,9H2,1-3H3,(H,20,21)/t15-;10-/m00/s1. The number of hydrogen-bond acceptors (Lipinski definition) is 11. The minimum atomic E-state index is -4.39. The molecular weight excluding hydrogens is 769 g/mol. The van der Waals surface area contributed by atoms with Gasteiger partial charge in [0.2, 0.25) is 5.91 Å². The Morgan fingerprint density at radius 2 is 1.31 bits per heavy atom. The molecule has 0 unspecified atom stereocenters. The van der Waals surface area contributed by atoms with Gasteiger partial charge in [-0.05, 0) is 73.3 Å². The Hall–Kier alpha value is -5.45. The van der Waals surface area contributed by atoms with E-state index >= 15 is 0 Å². The predicted octanol–water partition coefficient (Wildman–Crippen LogP) is 7.12. The van der Waals surface area contributed by atoms with Crippen LogP contribution in [0.25, 0.3) is 33.2 Å². The lowest BCUT2D eigenvalue weighted by Gasteiger charge is -2.24. The molecular formula is C37H38BrF3N10O3. The molecule has 2 saturated heterocycles. The molecule has 282 valence electrons. The summed E-state index contributed by atoms with van der Waals surface area (Å²) >= 11 is 3.44. The number of carbonyl (C=O) groups is 2. The van der Waals surface area contributed by atoms with Gasteiger partial charge in [0.15, 0.2) is 11.6 Å².